The van der Waals surface area contributed by atoms with Gasteiger partial charge in [0.15, 0.2) is 0 Å². The maximum absolute atomic E-state index is 10.1. The van der Waals surface area contributed by atoms with Crippen LogP contribution in [0.3, 0.4) is 0 Å². The van der Waals surface area contributed by atoms with Crippen molar-refractivity contribution >= 4 is 31.9 Å². The fraction of sp³-hybridized carbons (Fsp3) is 0.154. The molecule has 0 radical (unpaired) electrons. The fourth-order valence-electron chi connectivity index (χ4n) is 1.56. The molecule has 1 aromatic heterocycles. The van der Waals surface area contributed by atoms with Crippen molar-refractivity contribution in [2.45, 2.75) is 12.5 Å². The van der Waals surface area contributed by atoms with Crippen LogP contribution < -0.4 is 0 Å². The van der Waals surface area contributed by atoms with E-state index in [1.54, 1.807) is 6.20 Å². The predicted octanol–water partition coefficient (Wildman–Crippen LogP) is 3.88. The summed E-state index contributed by atoms with van der Waals surface area (Å²) in [5.74, 6) is 0. The van der Waals surface area contributed by atoms with Gasteiger partial charge in [-0.3, -0.25) is 4.98 Å². The lowest BCUT2D eigenvalue weighted by molar-refractivity contribution is 0.177. The van der Waals surface area contributed by atoms with E-state index in [1.807, 2.05) is 36.4 Å². The van der Waals surface area contributed by atoms with Gasteiger partial charge in [0.1, 0.15) is 0 Å². The molecule has 1 aromatic carbocycles. The summed E-state index contributed by atoms with van der Waals surface area (Å²) < 4.78 is 1.91. The van der Waals surface area contributed by atoms with E-state index in [9.17, 15) is 5.11 Å². The van der Waals surface area contributed by atoms with Gasteiger partial charge >= 0.3 is 0 Å². The molecule has 2 aromatic rings. The minimum absolute atomic E-state index is 0.518. The van der Waals surface area contributed by atoms with Crippen molar-refractivity contribution in [3.05, 3.63) is 62.8 Å². The number of benzene rings is 1. The molecular formula is C13H11Br2NO. The van der Waals surface area contributed by atoms with E-state index in [0.29, 0.717) is 6.42 Å². The maximum atomic E-state index is 10.1. The van der Waals surface area contributed by atoms with E-state index in [-0.39, 0.29) is 0 Å². The lowest BCUT2D eigenvalue weighted by atomic mass is 10.0. The first-order valence-corrected chi connectivity index (χ1v) is 6.78. The van der Waals surface area contributed by atoms with E-state index in [1.165, 1.54) is 0 Å². The average molecular weight is 357 g/mol. The van der Waals surface area contributed by atoms with E-state index < -0.39 is 6.10 Å². The topological polar surface area (TPSA) is 33.1 Å². The van der Waals surface area contributed by atoms with Crippen molar-refractivity contribution in [2.24, 2.45) is 0 Å². The van der Waals surface area contributed by atoms with Crippen LogP contribution in [0.5, 0.6) is 0 Å². The summed E-state index contributed by atoms with van der Waals surface area (Å²) in [6.45, 7) is 0. The summed E-state index contributed by atoms with van der Waals surface area (Å²) in [5, 5.41) is 10.1. The monoisotopic (exact) mass is 355 g/mol. The summed E-state index contributed by atoms with van der Waals surface area (Å²) in [6.07, 6.45) is 1.73. The molecule has 0 fully saturated rings. The molecule has 2 rings (SSSR count). The summed E-state index contributed by atoms with van der Waals surface area (Å²) >= 11 is 6.73. The van der Waals surface area contributed by atoms with Crippen molar-refractivity contribution in [3.8, 4) is 0 Å². The van der Waals surface area contributed by atoms with Crippen LogP contribution in [0.4, 0.5) is 0 Å². The first-order valence-electron chi connectivity index (χ1n) is 5.19. The van der Waals surface area contributed by atoms with E-state index in [0.717, 1.165) is 20.2 Å². The lowest BCUT2D eigenvalue weighted by Gasteiger charge is -2.10. The lowest BCUT2D eigenvalue weighted by Crippen LogP contribution is -2.03. The fourth-order valence-corrected chi connectivity index (χ4v) is 2.21. The Morgan fingerprint density at radius 3 is 2.59 bits per heavy atom. The molecule has 2 nitrogen and oxygen atoms in total. The zero-order chi connectivity index (χ0) is 12.3. The summed E-state index contributed by atoms with van der Waals surface area (Å²) in [6, 6.07) is 11.5. The third-order valence-electron chi connectivity index (χ3n) is 2.42. The smallest absolute Gasteiger partial charge is 0.0845 e. The second-order valence-corrected chi connectivity index (χ2v) is 5.57. The predicted molar refractivity (Wildman–Crippen MR) is 74.7 cm³/mol. The number of halogens is 2. The van der Waals surface area contributed by atoms with E-state index >= 15 is 0 Å². The number of rotatable bonds is 3. The van der Waals surface area contributed by atoms with E-state index in [2.05, 4.69) is 36.8 Å². The Morgan fingerprint density at radius 1 is 1.12 bits per heavy atom. The molecule has 0 aliphatic heterocycles. The van der Waals surface area contributed by atoms with Crippen molar-refractivity contribution < 1.29 is 5.11 Å². The van der Waals surface area contributed by atoms with Crippen molar-refractivity contribution in [1.29, 1.82) is 0 Å². The molecule has 4 heteroatoms. The Balaban J connectivity index is 2.11. The number of aliphatic hydroxyl groups is 1. The van der Waals surface area contributed by atoms with Gasteiger partial charge in [-0.1, -0.05) is 28.1 Å². The molecule has 0 saturated heterocycles. The van der Waals surface area contributed by atoms with Crippen molar-refractivity contribution in [2.75, 3.05) is 0 Å². The standard InChI is InChI=1S/C13H11Br2NO/c14-10-3-1-2-9(6-10)13(17)7-12-5-4-11(15)8-16-12/h1-6,8,13,17H,7H2. The Bertz CT molecular complexity index is 499. The third kappa shape index (κ3) is 3.63. The van der Waals surface area contributed by atoms with Gasteiger partial charge in [-0.25, -0.2) is 0 Å². The number of hydrogen-bond donors (Lipinski definition) is 1. The molecule has 0 amide bonds. The zero-order valence-corrected chi connectivity index (χ0v) is 12.1. The van der Waals surface area contributed by atoms with Gasteiger partial charge in [-0.05, 0) is 45.8 Å². The Labute approximate surface area is 117 Å². The maximum Gasteiger partial charge on any atom is 0.0845 e. The first-order chi connectivity index (χ1) is 8.15. The molecule has 88 valence electrons. The molecule has 1 heterocycles. The Hall–Kier alpha value is -0.710. The van der Waals surface area contributed by atoms with Crippen LogP contribution in [0.2, 0.25) is 0 Å². The Kier molecular flexibility index (Phi) is 4.31. The van der Waals surface area contributed by atoms with Crippen LogP contribution >= 0.6 is 31.9 Å². The van der Waals surface area contributed by atoms with Crippen LogP contribution in [0, 0.1) is 0 Å². The van der Waals surface area contributed by atoms with Crippen molar-refractivity contribution in [1.82, 2.24) is 4.98 Å². The SMILES string of the molecule is OC(Cc1ccc(Br)cn1)c1cccc(Br)c1. The zero-order valence-electron chi connectivity index (χ0n) is 8.98. The molecule has 1 N–H and O–H groups in total. The molecule has 17 heavy (non-hydrogen) atoms. The van der Waals surface area contributed by atoms with Crippen molar-refractivity contribution in [3.63, 3.8) is 0 Å². The summed E-state index contributed by atoms with van der Waals surface area (Å²) in [4.78, 5) is 4.25. The quantitative estimate of drug-likeness (QED) is 0.905. The van der Waals surface area contributed by atoms with Crippen LogP contribution in [0.15, 0.2) is 51.5 Å². The first kappa shape index (κ1) is 12.7. The van der Waals surface area contributed by atoms with Crippen LogP contribution in [-0.4, -0.2) is 10.1 Å². The summed E-state index contributed by atoms with van der Waals surface area (Å²) in [5.41, 5.74) is 1.77. The second-order valence-electron chi connectivity index (χ2n) is 3.74. The molecule has 1 unspecified atom stereocenters. The number of aliphatic hydroxyl groups excluding tert-OH is 1. The van der Waals surface area contributed by atoms with Gasteiger partial charge < -0.3 is 5.11 Å². The van der Waals surface area contributed by atoms with Gasteiger partial charge in [0.2, 0.25) is 0 Å². The number of aromatic nitrogens is 1. The van der Waals surface area contributed by atoms with Crippen LogP contribution in [0.25, 0.3) is 0 Å². The highest BCUT2D eigenvalue weighted by Gasteiger charge is 2.09. The molecule has 0 spiro atoms. The minimum atomic E-state index is -0.527. The highest BCUT2D eigenvalue weighted by Crippen LogP contribution is 2.21. The molecular weight excluding hydrogens is 346 g/mol. The highest BCUT2D eigenvalue weighted by atomic mass is 79.9. The van der Waals surface area contributed by atoms with Gasteiger partial charge in [0, 0.05) is 27.3 Å². The molecule has 0 aliphatic rings. The largest absolute Gasteiger partial charge is 0.388 e. The summed E-state index contributed by atoms with van der Waals surface area (Å²) in [7, 11) is 0. The number of pyridine rings is 1. The Morgan fingerprint density at radius 2 is 1.94 bits per heavy atom. The third-order valence-corrected chi connectivity index (χ3v) is 3.39. The van der Waals surface area contributed by atoms with E-state index in [4.69, 9.17) is 0 Å². The second kappa shape index (κ2) is 5.76. The van der Waals surface area contributed by atoms with Crippen LogP contribution in [-0.2, 0) is 6.42 Å². The van der Waals surface area contributed by atoms with Gasteiger partial charge in [-0.15, -0.1) is 0 Å². The normalized spacial score (nSPS) is 12.4. The highest BCUT2D eigenvalue weighted by molar-refractivity contribution is 9.10. The molecule has 1 atom stereocenters. The van der Waals surface area contributed by atoms with Gasteiger partial charge in [-0.2, -0.15) is 0 Å². The molecule has 0 aliphatic carbocycles. The van der Waals surface area contributed by atoms with Crippen LogP contribution in [0.1, 0.15) is 17.4 Å². The molecule has 0 saturated carbocycles. The van der Waals surface area contributed by atoms with Gasteiger partial charge in [0.25, 0.3) is 0 Å². The minimum Gasteiger partial charge on any atom is -0.388 e. The molecule has 0 bridgehead atoms. The number of nitrogens with zero attached hydrogens (tertiary/aromatic N) is 1. The number of hydrogen-bond acceptors (Lipinski definition) is 2. The average Bonchev–Trinajstić information content (AvgIpc) is 2.32. The van der Waals surface area contributed by atoms with Gasteiger partial charge in [0.05, 0.1) is 6.10 Å².